The molecular formula is C10H9N3O4. The molecule has 0 aliphatic rings. The normalized spacial score (nSPS) is 10.4. The second-order valence-electron chi connectivity index (χ2n) is 3.37. The Balaban J connectivity index is 2.46. The van der Waals surface area contributed by atoms with E-state index in [-0.39, 0.29) is 12.2 Å². The van der Waals surface area contributed by atoms with Crippen LogP contribution in [0.3, 0.4) is 0 Å². The number of non-ortho nitro benzene ring substituents is 1. The number of fused-ring (bicyclic) bond motifs is 1. The Morgan fingerprint density at radius 1 is 1.59 bits per heavy atom. The van der Waals surface area contributed by atoms with Gasteiger partial charge in [-0.25, -0.2) is 0 Å². The largest absolute Gasteiger partial charge is 0.468 e. The van der Waals surface area contributed by atoms with E-state index < -0.39 is 10.9 Å². The second-order valence-corrected chi connectivity index (χ2v) is 3.37. The van der Waals surface area contributed by atoms with Gasteiger partial charge in [-0.05, 0) is 6.07 Å². The minimum atomic E-state index is -0.480. The van der Waals surface area contributed by atoms with Crippen molar-refractivity contribution in [3.8, 4) is 0 Å². The minimum absolute atomic E-state index is 0.0291. The molecular weight excluding hydrogens is 226 g/mol. The van der Waals surface area contributed by atoms with E-state index in [1.54, 1.807) is 12.1 Å². The van der Waals surface area contributed by atoms with Gasteiger partial charge in [0.1, 0.15) is 6.54 Å². The maximum Gasteiger partial charge on any atom is 0.327 e. The molecule has 1 heterocycles. The summed E-state index contributed by atoms with van der Waals surface area (Å²) < 4.78 is 5.82. The van der Waals surface area contributed by atoms with Crippen LogP contribution in [0.2, 0.25) is 0 Å². The summed E-state index contributed by atoms with van der Waals surface area (Å²) in [6.07, 6.45) is 1.46. The highest BCUT2D eigenvalue weighted by atomic mass is 16.6. The van der Waals surface area contributed by atoms with Crippen molar-refractivity contribution in [2.45, 2.75) is 6.54 Å². The van der Waals surface area contributed by atoms with E-state index in [1.807, 2.05) is 0 Å². The summed E-state index contributed by atoms with van der Waals surface area (Å²) in [5.41, 5.74) is 0.446. The lowest BCUT2D eigenvalue weighted by Crippen LogP contribution is -2.11. The lowest BCUT2D eigenvalue weighted by Gasteiger charge is -1.97. The fraction of sp³-hybridized carbons (Fsp3) is 0.200. The number of aromatic nitrogens is 2. The first-order valence-corrected chi connectivity index (χ1v) is 4.79. The number of nitro benzene ring substituents is 1. The Morgan fingerprint density at radius 3 is 3.00 bits per heavy atom. The molecule has 0 saturated heterocycles. The SMILES string of the molecule is COC(=O)Cn1cc2c([N+](=O)[O-])cccc2n1. The summed E-state index contributed by atoms with van der Waals surface area (Å²) in [6, 6.07) is 4.60. The molecule has 0 spiro atoms. The van der Waals surface area contributed by atoms with Crippen molar-refractivity contribution in [2.24, 2.45) is 0 Å². The van der Waals surface area contributed by atoms with Gasteiger partial charge in [0.25, 0.3) is 5.69 Å². The highest BCUT2D eigenvalue weighted by Gasteiger charge is 2.15. The first-order valence-electron chi connectivity index (χ1n) is 4.79. The molecule has 0 unspecified atom stereocenters. The summed E-state index contributed by atoms with van der Waals surface area (Å²) in [7, 11) is 1.27. The highest BCUT2D eigenvalue weighted by Crippen LogP contribution is 2.23. The van der Waals surface area contributed by atoms with Gasteiger partial charge in [0.2, 0.25) is 0 Å². The van der Waals surface area contributed by atoms with Gasteiger partial charge in [0.05, 0.1) is 22.9 Å². The summed E-state index contributed by atoms with van der Waals surface area (Å²) in [4.78, 5) is 21.4. The molecule has 0 amide bonds. The monoisotopic (exact) mass is 235 g/mol. The number of hydrogen-bond donors (Lipinski definition) is 0. The number of esters is 1. The second kappa shape index (κ2) is 4.20. The van der Waals surface area contributed by atoms with Crippen LogP contribution in [0.15, 0.2) is 24.4 Å². The first kappa shape index (κ1) is 11.1. The van der Waals surface area contributed by atoms with Gasteiger partial charge in [-0.15, -0.1) is 0 Å². The third-order valence-electron chi connectivity index (χ3n) is 2.29. The molecule has 0 fully saturated rings. The molecule has 0 N–H and O–H groups in total. The maximum absolute atomic E-state index is 11.1. The molecule has 0 radical (unpaired) electrons. The number of ether oxygens (including phenoxy) is 1. The molecule has 0 bridgehead atoms. The molecule has 88 valence electrons. The number of rotatable bonds is 3. The number of hydrogen-bond acceptors (Lipinski definition) is 5. The van der Waals surface area contributed by atoms with Gasteiger partial charge in [-0.1, -0.05) is 6.07 Å². The molecule has 2 rings (SSSR count). The van der Waals surface area contributed by atoms with Gasteiger partial charge in [0, 0.05) is 12.3 Å². The van der Waals surface area contributed by atoms with E-state index in [2.05, 4.69) is 9.84 Å². The highest BCUT2D eigenvalue weighted by molar-refractivity contribution is 5.87. The molecule has 0 aliphatic heterocycles. The number of carbonyl (C=O) groups is 1. The quantitative estimate of drug-likeness (QED) is 0.452. The van der Waals surface area contributed by atoms with Crippen LogP contribution in [0.1, 0.15) is 0 Å². The van der Waals surface area contributed by atoms with Gasteiger partial charge in [-0.2, -0.15) is 5.10 Å². The molecule has 2 aromatic rings. The molecule has 0 saturated carbocycles. The molecule has 1 aromatic carbocycles. The Labute approximate surface area is 95.7 Å². The van der Waals surface area contributed by atoms with Crippen molar-refractivity contribution in [1.29, 1.82) is 0 Å². The Morgan fingerprint density at radius 2 is 2.35 bits per heavy atom. The smallest absolute Gasteiger partial charge is 0.327 e. The fourth-order valence-electron chi connectivity index (χ4n) is 1.51. The summed E-state index contributed by atoms with van der Waals surface area (Å²) in [6.45, 7) is -0.0671. The van der Waals surface area contributed by atoms with Crippen LogP contribution in [-0.4, -0.2) is 27.8 Å². The average Bonchev–Trinajstić information content (AvgIpc) is 2.70. The minimum Gasteiger partial charge on any atom is -0.468 e. The van der Waals surface area contributed by atoms with Crippen LogP contribution in [0.4, 0.5) is 5.69 Å². The van der Waals surface area contributed by atoms with E-state index in [9.17, 15) is 14.9 Å². The molecule has 0 atom stereocenters. The van der Waals surface area contributed by atoms with E-state index in [0.29, 0.717) is 10.9 Å². The van der Waals surface area contributed by atoms with Crippen molar-refractivity contribution in [3.05, 3.63) is 34.5 Å². The van der Waals surface area contributed by atoms with Gasteiger partial charge >= 0.3 is 5.97 Å². The summed E-state index contributed by atoms with van der Waals surface area (Å²) >= 11 is 0. The van der Waals surface area contributed by atoms with Crippen LogP contribution in [-0.2, 0) is 16.1 Å². The zero-order chi connectivity index (χ0) is 12.4. The third-order valence-corrected chi connectivity index (χ3v) is 2.29. The van der Waals surface area contributed by atoms with Gasteiger partial charge < -0.3 is 4.74 Å². The molecule has 7 nitrogen and oxygen atoms in total. The van der Waals surface area contributed by atoms with E-state index in [4.69, 9.17) is 0 Å². The molecule has 1 aromatic heterocycles. The molecule has 0 aliphatic carbocycles. The predicted molar refractivity (Wildman–Crippen MR) is 58.4 cm³/mol. The number of benzene rings is 1. The van der Waals surface area contributed by atoms with Crippen molar-refractivity contribution in [3.63, 3.8) is 0 Å². The predicted octanol–water partition coefficient (Wildman–Crippen LogP) is 1.12. The van der Waals surface area contributed by atoms with Gasteiger partial charge in [-0.3, -0.25) is 19.6 Å². The summed E-state index contributed by atoms with van der Waals surface area (Å²) in [5, 5.41) is 15.2. The lowest BCUT2D eigenvalue weighted by atomic mass is 10.2. The van der Waals surface area contributed by atoms with Crippen LogP contribution >= 0.6 is 0 Å². The molecule has 7 heteroatoms. The average molecular weight is 235 g/mol. The van der Waals surface area contributed by atoms with Crippen molar-refractivity contribution in [2.75, 3.05) is 7.11 Å². The van der Waals surface area contributed by atoms with E-state index >= 15 is 0 Å². The number of nitro groups is 1. The van der Waals surface area contributed by atoms with Crippen LogP contribution < -0.4 is 0 Å². The Bertz CT molecular complexity index is 590. The van der Waals surface area contributed by atoms with Crippen LogP contribution in [0.5, 0.6) is 0 Å². The first-order chi connectivity index (χ1) is 8.11. The zero-order valence-electron chi connectivity index (χ0n) is 8.99. The topological polar surface area (TPSA) is 87.3 Å². The number of carbonyl (C=O) groups excluding carboxylic acids is 1. The molecule has 17 heavy (non-hydrogen) atoms. The Hall–Kier alpha value is -2.44. The maximum atomic E-state index is 11.1. The standard InChI is InChI=1S/C10H9N3O4/c1-17-10(14)6-12-5-7-8(11-12)3-2-4-9(7)13(15)16/h2-5H,6H2,1H3. The third kappa shape index (κ3) is 2.07. The lowest BCUT2D eigenvalue weighted by molar-refractivity contribution is -0.383. The van der Waals surface area contributed by atoms with Crippen molar-refractivity contribution in [1.82, 2.24) is 9.78 Å². The van der Waals surface area contributed by atoms with Crippen molar-refractivity contribution < 1.29 is 14.5 Å². The number of methoxy groups -OCH3 is 1. The van der Waals surface area contributed by atoms with E-state index in [0.717, 1.165) is 0 Å². The number of nitrogens with zero attached hydrogens (tertiary/aromatic N) is 3. The summed E-state index contributed by atoms with van der Waals surface area (Å²) in [5.74, 6) is -0.458. The van der Waals surface area contributed by atoms with Gasteiger partial charge in [0.15, 0.2) is 0 Å². The Kier molecular flexibility index (Phi) is 2.73. The van der Waals surface area contributed by atoms with Crippen LogP contribution in [0, 0.1) is 10.1 Å². The van der Waals surface area contributed by atoms with E-state index in [1.165, 1.54) is 24.1 Å². The zero-order valence-corrected chi connectivity index (χ0v) is 8.99. The fourth-order valence-corrected chi connectivity index (χ4v) is 1.51. The van der Waals surface area contributed by atoms with Crippen molar-refractivity contribution >= 4 is 22.6 Å². The van der Waals surface area contributed by atoms with Crippen LogP contribution in [0.25, 0.3) is 10.9 Å².